The van der Waals surface area contributed by atoms with E-state index in [1.54, 1.807) is 25.8 Å². The normalized spacial score (nSPS) is 16.9. The molecule has 6 rings (SSSR count). The van der Waals surface area contributed by atoms with E-state index in [0.29, 0.717) is 24.2 Å². The molecule has 3 heterocycles. The molecule has 41 heavy (non-hydrogen) atoms. The number of aromatic nitrogens is 5. The zero-order valence-electron chi connectivity index (χ0n) is 24.0. The van der Waals surface area contributed by atoms with Gasteiger partial charge in [0.25, 0.3) is 0 Å². The van der Waals surface area contributed by atoms with Crippen molar-refractivity contribution in [1.82, 2.24) is 24.6 Å². The van der Waals surface area contributed by atoms with Crippen molar-refractivity contribution >= 4 is 22.5 Å². The number of methoxy groups -OCH3 is 3. The molecule has 3 N–H and O–H groups in total. The summed E-state index contributed by atoms with van der Waals surface area (Å²) in [4.78, 5) is 14.7. The van der Waals surface area contributed by atoms with Gasteiger partial charge in [0, 0.05) is 52.8 Å². The largest absolute Gasteiger partial charge is 0.497 e. The van der Waals surface area contributed by atoms with E-state index in [1.807, 2.05) is 56.4 Å². The van der Waals surface area contributed by atoms with Crippen LogP contribution in [-0.2, 0) is 12.1 Å². The molecule has 0 atom stereocenters. The predicted octanol–water partition coefficient (Wildman–Crippen LogP) is 5.17. The first kappa shape index (κ1) is 26.8. The number of nitrogens with one attached hydrogen (secondary N) is 1. The van der Waals surface area contributed by atoms with E-state index in [4.69, 9.17) is 40.0 Å². The second-order valence-corrected chi connectivity index (χ2v) is 11.1. The summed E-state index contributed by atoms with van der Waals surface area (Å²) in [7, 11) is 4.93. The number of nitrogens with two attached hydrogens (primary N) is 1. The predicted molar refractivity (Wildman–Crippen MR) is 158 cm³/mol. The Morgan fingerprint density at radius 1 is 0.951 bits per heavy atom. The van der Waals surface area contributed by atoms with Crippen molar-refractivity contribution in [3.63, 3.8) is 0 Å². The van der Waals surface area contributed by atoms with Crippen LogP contribution in [0, 0.1) is 0 Å². The molecule has 2 aromatic carbocycles. The second-order valence-electron chi connectivity index (χ2n) is 11.1. The van der Waals surface area contributed by atoms with Gasteiger partial charge < -0.3 is 25.3 Å². The van der Waals surface area contributed by atoms with E-state index in [2.05, 4.69) is 17.4 Å². The van der Waals surface area contributed by atoms with Gasteiger partial charge in [0.2, 0.25) is 5.95 Å². The topological polar surface area (TPSA) is 122 Å². The fraction of sp³-hybridized carbons (Fsp3) is 0.355. The maximum absolute atomic E-state index is 6.23. The summed E-state index contributed by atoms with van der Waals surface area (Å²) < 4.78 is 18.4. The standard InChI is InChI=1S/C31H35N7O3/c1-31(2,32)21-10-12-24(33-17-21)19-13-20(14-19)28-36-29-23-7-6-8-25(40-4)27(23)35-30(38(29)37-28)34-16-18-9-11-22(39-3)15-26(18)41-5/h6-12,15,17,19-20H,13-14,16,32H2,1-5H3,(H,34,35)/t19-,20-. The molecule has 10 nitrogen and oxygen atoms in total. The minimum Gasteiger partial charge on any atom is -0.497 e. The summed E-state index contributed by atoms with van der Waals surface area (Å²) in [6.07, 6.45) is 3.78. The van der Waals surface area contributed by atoms with Crippen molar-refractivity contribution in [2.75, 3.05) is 26.6 Å². The maximum Gasteiger partial charge on any atom is 0.226 e. The van der Waals surface area contributed by atoms with Gasteiger partial charge in [-0.15, -0.1) is 5.10 Å². The van der Waals surface area contributed by atoms with Gasteiger partial charge in [-0.25, -0.2) is 9.97 Å². The van der Waals surface area contributed by atoms with Crippen LogP contribution in [0.2, 0.25) is 0 Å². The Labute approximate surface area is 238 Å². The van der Waals surface area contributed by atoms with Gasteiger partial charge in [-0.3, -0.25) is 4.98 Å². The van der Waals surface area contributed by atoms with Crippen LogP contribution in [0.25, 0.3) is 16.6 Å². The average Bonchev–Trinajstić information content (AvgIpc) is 3.40. The lowest BCUT2D eigenvalue weighted by atomic mass is 9.72. The molecule has 1 fully saturated rings. The Bertz CT molecular complexity index is 1700. The zero-order chi connectivity index (χ0) is 28.7. The lowest BCUT2D eigenvalue weighted by molar-refractivity contribution is 0.332. The molecule has 1 aliphatic carbocycles. The molecule has 3 aromatic heterocycles. The van der Waals surface area contributed by atoms with Gasteiger partial charge in [0.1, 0.15) is 22.8 Å². The van der Waals surface area contributed by atoms with Crippen LogP contribution in [0.5, 0.6) is 17.2 Å². The molecule has 0 radical (unpaired) electrons. The summed E-state index contributed by atoms with van der Waals surface area (Å²) in [5, 5.41) is 9.28. The van der Waals surface area contributed by atoms with Crippen LogP contribution in [0.1, 0.15) is 61.2 Å². The van der Waals surface area contributed by atoms with Crippen LogP contribution < -0.4 is 25.3 Å². The third-order valence-electron chi connectivity index (χ3n) is 7.88. The number of hydrogen-bond acceptors (Lipinski definition) is 9. The van der Waals surface area contributed by atoms with E-state index in [9.17, 15) is 0 Å². The molecule has 5 aromatic rings. The van der Waals surface area contributed by atoms with E-state index < -0.39 is 5.54 Å². The summed E-state index contributed by atoms with van der Waals surface area (Å²) in [5.41, 5.74) is 10.4. The highest BCUT2D eigenvalue weighted by atomic mass is 16.5. The van der Waals surface area contributed by atoms with Gasteiger partial charge >= 0.3 is 0 Å². The molecular formula is C31H35N7O3. The summed E-state index contributed by atoms with van der Waals surface area (Å²) in [6, 6.07) is 15.8. The van der Waals surface area contributed by atoms with Gasteiger partial charge in [-0.2, -0.15) is 4.52 Å². The highest BCUT2D eigenvalue weighted by Gasteiger charge is 2.35. The van der Waals surface area contributed by atoms with Crippen molar-refractivity contribution in [3.8, 4) is 17.2 Å². The van der Waals surface area contributed by atoms with E-state index >= 15 is 0 Å². The Kier molecular flexibility index (Phi) is 6.86. The Balaban J connectivity index is 1.30. The highest BCUT2D eigenvalue weighted by molar-refractivity contribution is 5.96. The van der Waals surface area contributed by atoms with Crippen LogP contribution >= 0.6 is 0 Å². The number of nitrogens with zero attached hydrogens (tertiary/aromatic N) is 5. The Morgan fingerprint density at radius 3 is 2.44 bits per heavy atom. The van der Waals surface area contributed by atoms with Gasteiger partial charge in [0.15, 0.2) is 11.5 Å². The van der Waals surface area contributed by atoms with Gasteiger partial charge in [0.05, 0.1) is 21.3 Å². The van der Waals surface area contributed by atoms with Crippen LogP contribution in [0.3, 0.4) is 0 Å². The molecule has 0 aliphatic heterocycles. The fourth-order valence-electron chi connectivity index (χ4n) is 5.34. The number of para-hydroxylation sites is 1. The van der Waals surface area contributed by atoms with Crippen LogP contribution in [-0.4, -0.2) is 45.9 Å². The number of rotatable bonds is 9. The molecular weight excluding hydrogens is 518 g/mol. The summed E-state index contributed by atoms with van der Waals surface area (Å²) in [5.74, 6) is 4.13. The minimum atomic E-state index is -0.405. The fourth-order valence-corrected chi connectivity index (χ4v) is 5.34. The van der Waals surface area contributed by atoms with Gasteiger partial charge in [-0.1, -0.05) is 12.1 Å². The zero-order valence-corrected chi connectivity index (χ0v) is 24.0. The van der Waals surface area contributed by atoms with E-state index in [1.165, 1.54) is 0 Å². The second kappa shape index (κ2) is 10.5. The molecule has 10 heteroatoms. The molecule has 0 amide bonds. The Morgan fingerprint density at radius 2 is 1.76 bits per heavy atom. The van der Waals surface area contributed by atoms with Crippen LogP contribution in [0.15, 0.2) is 54.7 Å². The molecule has 0 bridgehead atoms. The minimum absolute atomic E-state index is 0.238. The number of fused-ring (bicyclic) bond motifs is 3. The third-order valence-corrected chi connectivity index (χ3v) is 7.88. The Hall–Kier alpha value is -4.44. The first-order valence-corrected chi connectivity index (χ1v) is 13.7. The maximum atomic E-state index is 6.23. The SMILES string of the molecule is COc1ccc(CNc2nc3c(OC)cccc3c3nc([C@H]4C[C@H](c5ccc(C(C)(C)N)cn5)C4)nn23)c(OC)c1. The molecule has 1 aliphatic rings. The molecule has 212 valence electrons. The van der Waals surface area contributed by atoms with Crippen molar-refractivity contribution in [1.29, 1.82) is 0 Å². The molecule has 0 saturated heterocycles. The summed E-state index contributed by atoms with van der Waals surface area (Å²) in [6.45, 7) is 4.45. The van der Waals surface area contributed by atoms with Crippen molar-refractivity contribution < 1.29 is 14.2 Å². The first-order chi connectivity index (χ1) is 19.8. The number of ether oxygens (including phenoxy) is 3. The first-order valence-electron chi connectivity index (χ1n) is 13.7. The number of hydrogen-bond donors (Lipinski definition) is 2. The number of anilines is 1. The molecule has 0 spiro atoms. The van der Waals surface area contributed by atoms with E-state index in [0.717, 1.165) is 63.5 Å². The lowest BCUT2D eigenvalue weighted by Gasteiger charge is -2.33. The smallest absolute Gasteiger partial charge is 0.226 e. The number of benzene rings is 2. The molecule has 1 saturated carbocycles. The van der Waals surface area contributed by atoms with Gasteiger partial charge in [-0.05, 0) is 62.6 Å². The van der Waals surface area contributed by atoms with Crippen molar-refractivity contribution in [2.45, 2.75) is 50.6 Å². The molecule has 0 unspecified atom stereocenters. The third kappa shape index (κ3) is 4.99. The lowest BCUT2D eigenvalue weighted by Crippen LogP contribution is -2.29. The van der Waals surface area contributed by atoms with Crippen molar-refractivity contribution in [3.05, 3.63) is 77.4 Å². The van der Waals surface area contributed by atoms with E-state index in [-0.39, 0.29) is 5.92 Å². The number of pyridine rings is 1. The van der Waals surface area contributed by atoms with Crippen LogP contribution in [0.4, 0.5) is 5.95 Å². The monoisotopic (exact) mass is 553 g/mol. The highest BCUT2D eigenvalue weighted by Crippen LogP contribution is 2.46. The quantitative estimate of drug-likeness (QED) is 0.255. The van der Waals surface area contributed by atoms with Crippen molar-refractivity contribution in [2.24, 2.45) is 5.73 Å². The summed E-state index contributed by atoms with van der Waals surface area (Å²) >= 11 is 0. The average molecular weight is 554 g/mol.